The largest absolute Gasteiger partial charge is 0.368 e. The summed E-state index contributed by atoms with van der Waals surface area (Å²) in [5, 5.41) is 9.61. The predicted octanol–water partition coefficient (Wildman–Crippen LogP) is 1.89. The first-order valence-electron chi connectivity index (χ1n) is 6.43. The first-order chi connectivity index (χ1) is 10.0. The number of aromatic amines is 1. The van der Waals surface area contributed by atoms with Crippen molar-refractivity contribution in [2.75, 3.05) is 25.1 Å². The van der Waals surface area contributed by atoms with E-state index in [1.807, 2.05) is 44.1 Å². The van der Waals surface area contributed by atoms with Gasteiger partial charge in [0.25, 0.3) is 0 Å². The van der Waals surface area contributed by atoms with Crippen LogP contribution in [0.15, 0.2) is 36.0 Å². The summed E-state index contributed by atoms with van der Waals surface area (Å²) in [6, 6.07) is 5.94. The fourth-order valence-electron chi connectivity index (χ4n) is 1.96. The summed E-state index contributed by atoms with van der Waals surface area (Å²) in [6.45, 7) is 5.68. The number of H-pyrrole nitrogens is 1. The molecule has 1 heterocycles. The third-order valence-corrected chi connectivity index (χ3v) is 2.86. The molecule has 0 spiro atoms. The van der Waals surface area contributed by atoms with Crippen molar-refractivity contribution in [2.45, 2.75) is 6.92 Å². The Labute approximate surface area is 123 Å². The lowest BCUT2D eigenvalue weighted by atomic mass is 10.1. The molecule has 2 aromatic rings. The molecule has 7 heteroatoms. The Balaban J connectivity index is 2.28. The van der Waals surface area contributed by atoms with Crippen molar-refractivity contribution < 1.29 is 0 Å². The van der Waals surface area contributed by atoms with Crippen LogP contribution in [0, 0.1) is 6.92 Å². The molecule has 0 fully saturated rings. The number of amidine groups is 1. The number of anilines is 3. The SMILES string of the molecule is C=C/N=C(/c1ccc(Nc2n[nH]c(N)n2)cc1C)N(C)C. The van der Waals surface area contributed by atoms with Crippen LogP contribution in [0.25, 0.3) is 0 Å². The number of hydrogen-bond acceptors (Lipinski definition) is 5. The van der Waals surface area contributed by atoms with Crippen LogP contribution in [0.5, 0.6) is 0 Å². The number of aromatic nitrogens is 3. The molecule has 1 aromatic heterocycles. The first kappa shape index (κ1) is 14.6. The second-order valence-corrected chi connectivity index (χ2v) is 4.73. The quantitative estimate of drug-likeness (QED) is 0.589. The van der Waals surface area contributed by atoms with Gasteiger partial charge in [-0.2, -0.15) is 4.98 Å². The summed E-state index contributed by atoms with van der Waals surface area (Å²) in [7, 11) is 3.90. The molecule has 1 aromatic carbocycles. The minimum Gasteiger partial charge on any atom is -0.368 e. The lowest BCUT2D eigenvalue weighted by Crippen LogP contribution is -2.23. The molecule has 110 valence electrons. The fraction of sp³-hybridized carbons (Fsp3) is 0.214. The standard InChI is InChI=1S/C14H19N7/c1-5-16-12(21(3)4)11-7-6-10(8-9(11)2)17-14-18-13(15)19-20-14/h5-8H,1H2,2-4H3,(H4,15,17,18,19,20)/b16-12-. The van der Waals surface area contributed by atoms with Gasteiger partial charge in [-0.15, -0.1) is 5.10 Å². The van der Waals surface area contributed by atoms with Crippen molar-refractivity contribution in [1.29, 1.82) is 0 Å². The molecule has 21 heavy (non-hydrogen) atoms. The molecule has 0 radical (unpaired) electrons. The Bertz CT molecular complexity index is 670. The highest BCUT2D eigenvalue weighted by Gasteiger charge is 2.10. The van der Waals surface area contributed by atoms with Crippen LogP contribution in [0.2, 0.25) is 0 Å². The predicted molar refractivity (Wildman–Crippen MR) is 85.7 cm³/mol. The van der Waals surface area contributed by atoms with Gasteiger partial charge < -0.3 is 16.0 Å². The number of nitrogens with zero attached hydrogens (tertiary/aromatic N) is 4. The number of benzene rings is 1. The molecule has 0 atom stereocenters. The van der Waals surface area contributed by atoms with E-state index in [-0.39, 0.29) is 5.95 Å². The zero-order valence-corrected chi connectivity index (χ0v) is 12.4. The topological polar surface area (TPSA) is 95.2 Å². The van der Waals surface area contributed by atoms with Crippen LogP contribution in [0.3, 0.4) is 0 Å². The summed E-state index contributed by atoms with van der Waals surface area (Å²) in [5.41, 5.74) is 8.50. The highest BCUT2D eigenvalue weighted by atomic mass is 15.3. The normalized spacial score (nSPS) is 11.3. The lowest BCUT2D eigenvalue weighted by Gasteiger charge is -2.18. The van der Waals surface area contributed by atoms with Crippen molar-refractivity contribution >= 4 is 23.4 Å². The smallest absolute Gasteiger partial charge is 0.248 e. The molecule has 7 nitrogen and oxygen atoms in total. The van der Waals surface area contributed by atoms with Crippen LogP contribution in [0.1, 0.15) is 11.1 Å². The van der Waals surface area contributed by atoms with Gasteiger partial charge in [0.2, 0.25) is 11.9 Å². The molecule has 0 saturated heterocycles. The van der Waals surface area contributed by atoms with Gasteiger partial charge in [0, 0.05) is 31.5 Å². The Morgan fingerprint density at radius 3 is 2.76 bits per heavy atom. The molecule has 0 aliphatic rings. The minimum absolute atomic E-state index is 0.277. The molecular formula is C14H19N7. The van der Waals surface area contributed by atoms with Gasteiger partial charge in [0.1, 0.15) is 5.84 Å². The number of aryl methyl sites for hydroxylation is 1. The molecule has 0 unspecified atom stereocenters. The highest BCUT2D eigenvalue weighted by molar-refractivity contribution is 6.00. The summed E-state index contributed by atoms with van der Waals surface area (Å²) >= 11 is 0. The molecule has 0 aliphatic carbocycles. The number of nitrogen functional groups attached to an aromatic ring is 1. The lowest BCUT2D eigenvalue weighted by molar-refractivity contribution is 0.623. The molecule has 0 amide bonds. The maximum Gasteiger partial charge on any atom is 0.248 e. The number of nitrogens with one attached hydrogen (secondary N) is 2. The average molecular weight is 285 g/mol. The molecule has 0 aliphatic heterocycles. The summed E-state index contributed by atoms with van der Waals surface area (Å²) in [6.07, 6.45) is 1.54. The van der Waals surface area contributed by atoms with E-state index in [1.54, 1.807) is 0 Å². The molecule has 0 bridgehead atoms. The van der Waals surface area contributed by atoms with E-state index in [4.69, 9.17) is 5.73 Å². The van der Waals surface area contributed by atoms with Crippen molar-refractivity contribution in [3.05, 3.63) is 42.1 Å². The molecule has 2 rings (SSSR count). The van der Waals surface area contributed by atoms with Crippen LogP contribution in [0.4, 0.5) is 17.6 Å². The van der Waals surface area contributed by atoms with Crippen molar-refractivity contribution in [3.8, 4) is 0 Å². The van der Waals surface area contributed by atoms with Crippen molar-refractivity contribution in [2.24, 2.45) is 4.99 Å². The van der Waals surface area contributed by atoms with E-state index < -0.39 is 0 Å². The Hall–Kier alpha value is -2.83. The summed E-state index contributed by atoms with van der Waals surface area (Å²) in [5.74, 6) is 1.57. The third-order valence-electron chi connectivity index (χ3n) is 2.86. The summed E-state index contributed by atoms with van der Waals surface area (Å²) < 4.78 is 0. The van der Waals surface area contributed by atoms with Crippen LogP contribution < -0.4 is 11.1 Å². The van der Waals surface area contributed by atoms with Crippen LogP contribution >= 0.6 is 0 Å². The molecule has 4 N–H and O–H groups in total. The van der Waals surface area contributed by atoms with Gasteiger partial charge in [-0.05, 0) is 30.7 Å². The third kappa shape index (κ3) is 3.38. The van der Waals surface area contributed by atoms with Gasteiger partial charge in [0.05, 0.1) is 0 Å². The number of nitrogens with two attached hydrogens (primary N) is 1. The van der Waals surface area contributed by atoms with E-state index in [1.165, 1.54) is 6.20 Å². The maximum absolute atomic E-state index is 5.49. The number of aliphatic imine (C=N–C) groups is 1. The zero-order valence-electron chi connectivity index (χ0n) is 12.4. The van der Waals surface area contributed by atoms with E-state index in [2.05, 4.69) is 32.1 Å². The number of rotatable bonds is 4. The fourth-order valence-corrected chi connectivity index (χ4v) is 1.96. The Morgan fingerprint density at radius 2 is 2.24 bits per heavy atom. The van der Waals surface area contributed by atoms with Crippen LogP contribution in [-0.4, -0.2) is 40.0 Å². The minimum atomic E-state index is 0.277. The van der Waals surface area contributed by atoms with Gasteiger partial charge >= 0.3 is 0 Å². The van der Waals surface area contributed by atoms with Crippen molar-refractivity contribution in [1.82, 2.24) is 20.1 Å². The van der Waals surface area contributed by atoms with E-state index in [0.29, 0.717) is 5.95 Å². The van der Waals surface area contributed by atoms with Gasteiger partial charge in [-0.25, -0.2) is 10.1 Å². The molecule has 0 saturated carbocycles. The van der Waals surface area contributed by atoms with Crippen LogP contribution in [-0.2, 0) is 0 Å². The second-order valence-electron chi connectivity index (χ2n) is 4.73. The maximum atomic E-state index is 5.49. The van der Waals surface area contributed by atoms with Gasteiger partial charge in [-0.3, -0.25) is 0 Å². The Morgan fingerprint density at radius 1 is 1.48 bits per heavy atom. The van der Waals surface area contributed by atoms with E-state index in [0.717, 1.165) is 22.6 Å². The average Bonchev–Trinajstić information content (AvgIpc) is 2.82. The van der Waals surface area contributed by atoms with Gasteiger partial charge in [0.15, 0.2) is 0 Å². The zero-order chi connectivity index (χ0) is 15.4. The molecular weight excluding hydrogens is 266 g/mol. The van der Waals surface area contributed by atoms with Crippen molar-refractivity contribution in [3.63, 3.8) is 0 Å². The van der Waals surface area contributed by atoms with Gasteiger partial charge in [-0.1, -0.05) is 6.58 Å². The first-order valence-corrected chi connectivity index (χ1v) is 6.43. The Kier molecular flexibility index (Phi) is 4.22. The summed E-state index contributed by atoms with van der Waals surface area (Å²) in [4.78, 5) is 10.3. The van der Waals surface area contributed by atoms with E-state index in [9.17, 15) is 0 Å². The second kappa shape index (κ2) is 6.08. The highest BCUT2D eigenvalue weighted by Crippen LogP contribution is 2.19. The number of hydrogen-bond donors (Lipinski definition) is 3. The van der Waals surface area contributed by atoms with E-state index >= 15 is 0 Å². The monoisotopic (exact) mass is 285 g/mol.